The molecular formula is C32H50O8S. The second-order valence-electron chi connectivity index (χ2n) is 15.5. The summed E-state index contributed by atoms with van der Waals surface area (Å²) in [6.45, 7) is 12.0. The SMILES string of the molecule is CC(=O)OC[C@@]1(COS(=O)(=O)O)C(=O)CC[C@]23C[C@]24CC[C@]2(C)[C@@H]([C@H](C)CC(=O)CC(C)C)CC[C@@]2(C)[C@@H]4CC[C@@H]13. The lowest BCUT2D eigenvalue weighted by Crippen LogP contribution is -2.60. The Balaban J connectivity index is 1.44. The van der Waals surface area contributed by atoms with Gasteiger partial charge in [0.2, 0.25) is 0 Å². The van der Waals surface area contributed by atoms with Crippen molar-refractivity contribution in [3.63, 3.8) is 0 Å². The normalized spacial score (nSPS) is 43.9. The van der Waals surface area contributed by atoms with Crippen LogP contribution < -0.4 is 0 Å². The van der Waals surface area contributed by atoms with E-state index in [2.05, 4.69) is 34.6 Å². The molecule has 9 atom stereocenters. The molecule has 0 bridgehead atoms. The number of fused-ring (bicyclic) bond motifs is 2. The van der Waals surface area contributed by atoms with Crippen molar-refractivity contribution in [2.45, 2.75) is 112 Å². The molecule has 5 aliphatic carbocycles. The highest BCUT2D eigenvalue weighted by Crippen LogP contribution is 2.88. The van der Waals surface area contributed by atoms with Crippen molar-refractivity contribution in [1.82, 2.24) is 0 Å². The van der Waals surface area contributed by atoms with Crippen molar-refractivity contribution >= 4 is 27.9 Å². The van der Waals surface area contributed by atoms with E-state index >= 15 is 0 Å². The first kappa shape index (κ1) is 31.1. The molecule has 0 amide bonds. The third kappa shape index (κ3) is 4.66. The first-order valence-corrected chi connectivity index (χ1v) is 17.1. The number of rotatable bonds is 10. The van der Waals surface area contributed by atoms with Crippen LogP contribution in [0.3, 0.4) is 0 Å². The summed E-state index contributed by atoms with van der Waals surface area (Å²) in [5, 5.41) is 0. The van der Waals surface area contributed by atoms with E-state index in [1.54, 1.807) is 0 Å². The van der Waals surface area contributed by atoms with Crippen molar-refractivity contribution in [3.05, 3.63) is 0 Å². The molecule has 0 aromatic carbocycles. The van der Waals surface area contributed by atoms with Gasteiger partial charge in [0.25, 0.3) is 0 Å². The molecule has 5 rings (SSSR count). The molecule has 2 spiro atoms. The van der Waals surface area contributed by atoms with Crippen LogP contribution in [-0.4, -0.2) is 43.7 Å². The van der Waals surface area contributed by atoms with E-state index in [0.29, 0.717) is 48.7 Å². The van der Waals surface area contributed by atoms with Crippen LogP contribution in [0.15, 0.2) is 0 Å². The minimum Gasteiger partial charge on any atom is -0.465 e. The molecule has 0 saturated heterocycles. The Labute approximate surface area is 246 Å². The first-order chi connectivity index (χ1) is 19.0. The fourth-order valence-electron chi connectivity index (χ4n) is 11.7. The lowest BCUT2D eigenvalue weighted by molar-refractivity contribution is -0.176. The molecule has 5 aliphatic rings. The number of esters is 1. The Morgan fingerprint density at radius 2 is 1.59 bits per heavy atom. The van der Waals surface area contributed by atoms with Gasteiger partial charge in [0, 0.05) is 26.2 Å². The number of ether oxygens (including phenoxy) is 1. The average molecular weight is 595 g/mol. The Kier molecular flexibility index (Phi) is 7.68. The van der Waals surface area contributed by atoms with Crippen LogP contribution in [0.4, 0.5) is 0 Å². The third-order valence-corrected chi connectivity index (χ3v) is 13.8. The summed E-state index contributed by atoms with van der Waals surface area (Å²) in [6, 6.07) is 0. The Morgan fingerprint density at radius 1 is 0.927 bits per heavy atom. The van der Waals surface area contributed by atoms with Gasteiger partial charge < -0.3 is 4.74 Å². The summed E-state index contributed by atoms with van der Waals surface area (Å²) in [7, 11) is -4.77. The second-order valence-corrected chi connectivity index (χ2v) is 16.6. The highest BCUT2D eigenvalue weighted by Gasteiger charge is 2.83. The zero-order chi connectivity index (χ0) is 30.2. The fraction of sp³-hybridized carbons (Fsp3) is 0.906. The number of carbonyl (C=O) groups is 3. The standard InChI is InChI=1S/C32H50O8S/c1-20(2)15-23(34)16-21(3)24-9-11-29(6)25-7-8-26-30(18-39-22(4)33,19-40-41(36,37)38)27(35)10-12-31(26)17-32(25,31)14-13-28(24,29)5/h20-21,24-26H,7-19H2,1-6H3,(H,36,37,38)/t21-,24-,25+,26+,28-,29+,30+,31-,32+/m1/s1. The molecule has 232 valence electrons. The largest absolute Gasteiger partial charge is 0.465 e. The fourth-order valence-corrected chi connectivity index (χ4v) is 12.0. The molecule has 41 heavy (non-hydrogen) atoms. The lowest BCUT2D eigenvalue weighted by atomic mass is 9.41. The van der Waals surface area contributed by atoms with Crippen LogP contribution in [0.2, 0.25) is 0 Å². The van der Waals surface area contributed by atoms with Crippen LogP contribution in [0.25, 0.3) is 0 Å². The van der Waals surface area contributed by atoms with Gasteiger partial charge in [-0.05, 0) is 103 Å². The van der Waals surface area contributed by atoms with Crippen LogP contribution in [0, 0.1) is 56.7 Å². The van der Waals surface area contributed by atoms with Crippen LogP contribution in [0.1, 0.15) is 112 Å². The monoisotopic (exact) mass is 594 g/mol. The molecule has 0 heterocycles. The number of ketones is 2. The van der Waals surface area contributed by atoms with Crippen molar-refractivity contribution < 1.29 is 36.3 Å². The van der Waals surface area contributed by atoms with Gasteiger partial charge in [-0.15, -0.1) is 0 Å². The Bertz CT molecular complexity index is 1210. The van der Waals surface area contributed by atoms with E-state index in [1.807, 2.05) is 0 Å². The molecular weight excluding hydrogens is 544 g/mol. The van der Waals surface area contributed by atoms with Crippen molar-refractivity contribution in [2.24, 2.45) is 56.7 Å². The van der Waals surface area contributed by atoms with Gasteiger partial charge >= 0.3 is 16.4 Å². The Morgan fingerprint density at radius 3 is 2.22 bits per heavy atom. The number of hydrogen-bond donors (Lipinski definition) is 1. The Hall–Kier alpha value is -1.32. The topological polar surface area (TPSA) is 124 Å². The lowest BCUT2D eigenvalue weighted by Gasteiger charge is -2.63. The molecule has 8 nitrogen and oxygen atoms in total. The number of carbonyl (C=O) groups excluding carboxylic acids is 3. The van der Waals surface area contributed by atoms with Gasteiger partial charge in [-0.2, -0.15) is 8.42 Å². The van der Waals surface area contributed by atoms with Crippen LogP contribution in [0.5, 0.6) is 0 Å². The highest BCUT2D eigenvalue weighted by atomic mass is 32.3. The summed E-state index contributed by atoms with van der Waals surface area (Å²) < 4.78 is 43.0. The maximum Gasteiger partial charge on any atom is 0.397 e. The predicted molar refractivity (Wildman–Crippen MR) is 153 cm³/mol. The average Bonchev–Trinajstić information content (AvgIpc) is 3.44. The number of Topliss-reactive ketones (excluding diaryl/α,β-unsaturated/α-hetero) is 2. The smallest absolute Gasteiger partial charge is 0.397 e. The van der Waals surface area contributed by atoms with Gasteiger partial charge in [0.15, 0.2) is 0 Å². The zero-order valence-electron chi connectivity index (χ0n) is 25.8. The van der Waals surface area contributed by atoms with Crippen molar-refractivity contribution in [1.29, 1.82) is 0 Å². The third-order valence-electron chi connectivity index (χ3n) is 13.4. The quantitative estimate of drug-likeness (QED) is 0.242. The minimum atomic E-state index is -4.77. The van der Waals surface area contributed by atoms with E-state index in [9.17, 15) is 27.4 Å². The maximum atomic E-state index is 13.6. The van der Waals surface area contributed by atoms with Crippen LogP contribution >= 0.6 is 0 Å². The molecule has 9 heteroatoms. The van der Waals surface area contributed by atoms with E-state index in [-0.39, 0.29) is 40.0 Å². The summed E-state index contributed by atoms with van der Waals surface area (Å²) >= 11 is 0. The van der Waals surface area contributed by atoms with Crippen molar-refractivity contribution in [2.75, 3.05) is 13.2 Å². The van der Waals surface area contributed by atoms with Gasteiger partial charge in [-0.3, -0.25) is 18.9 Å². The van der Waals surface area contributed by atoms with E-state index < -0.39 is 28.4 Å². The van der Waals surface area contributed by atoms with E-state index in [4.69, 9.17) is 8.92 Å². The summed E-state index contributed by atoms with van der Waals surface area (Å²) in [4.78, 5) is 38.3. The minimum absolute atomic E-state index is 0.0794. The summed E-state index contributed by atoms with van der Waals surface area (Å²) in [6.07, 6.45) is 9.52. The molecule has 5 saturated carbocycles. The predicted octanol–water partition coefficient (Wildman–Crippen LogP) is 5.98. The van der Waals surface area contributed by atoms with Gasteiger partial charge in [0.05, 0.1) is 12.0 Å². The molecule has 5 fully saturated rings. The van der Waals surface area contributed by atoms with Crippen molar-refractivity contribution in [3.8, 4) is 0 Å². The maximum absolute atomic E-state index is 13.6. The van der Waals surface area contributed by atoms with Gasteiger partial charge in [-0.1, -0.05) is 34.6 Å². The van der Waals surface area contributed by atoms with Gasteiger partial charge in [-0.25, -0.2) is 4.18 Å². The summed E-state index contributed by atoms with van der Waals surface area (Å²) in [5.41, 5.74) is -1.04. The summed E-state index contributed by atoms with van der Waals surface area (Å²) in [5.74, 6) is 1.30. The molecule has 0 unspecified atom stereocenters. The second kappa shape index (κ2) is 10.1. The highest BCUT2D eigenvalue weighted by molar-refractivity contribution is 7.80. The first-order valence-electron chi connectivity index (χ1n) is 15.8. The molecule has 0 aromatic heterocycles. The number of hydrogen-bond acceptors (Lipinski definition) is 7. The molecule has 0 aromatic rings. The van der Waals surface area contributed by atoms with E-state index in [1.165, 1.54) is 6.92 Å². The van der Waals surface area contributed by atoms with Gasteiger partial charge in [0.1, 0.15) is 18.2 Å². The molecule has 0 radical (unpaired) electrons. The molecule has 0 aliphatic heterocycles. The zero-order valence-corrected chi connectivity index (χ0v) is 26.6. The molecule has 1 N–H and O–H groups in total. The van der Waals surface area contributed by atoms with Crippen LogP contribution in [-0.2, 0) is 33.7 Å². The van der Waals surface area contributed by atoms with E-state index in [0.717, 1.165) is 51.4 Å².